The van der Waals surface area contributed by atoms with Crippen LogP contribution in [0, 0.1) is 6.92 Å². The summed E-state index contributed by atoms with van der Waals surface area (Å²) in [5.74, 6) is -0.625. The summed E-state index contributed by atoms with van der Waals surface area (Å²) in [6, 6.07) is 5.11. The molecule has 2 rings (SSSR count). The number of benzene rings is 1. The van der Waals surface area contributed by atoms with Crippen LogP contribution in [0.2, 0.25) is 0 Å². The molecule has 18 heavy (non-hydrogen) atoms. The van der Waals surface area contributed by atoms with Gasteiger partial charge in [0.25, 0.3) is 0 Å². The van der Waals surface area contributed by atoms with E-state index in [1.165, 1.54) is 7.11 Å². The second kappa shape index (κ2) is 4.42. The zero-order valence-corrected chi connectivity index (χ0v) is 10.4. The molecule has 0 aromatic heterocycles. The lowest BCUT2D eigenvalue weighted by Gasteiger charge is -2.12. The maximum Gasteiger partial charge on any atom is 0.338 e. The van der Waals surface area contributed by atoms with Gasteiger partial charge in [0.1, 0.15) is 0 Å². The summed E-state index contributed by atoms with van der Waals surface area (Å²) in [6.45, 7) is 1.81. The molecule has 0 saturated heterocycles. The van der Waals surface area contributed by atoms with Crippen LogP contribution in [-0.4, -0.2) is 24.5 Å². The third-order valence-corrected chi connectivity index (χ3v) is 3.14. The van der Waals surface area contributed by atoms with Gasteiger partial charge in [-0.1, -0.05) is 6.07 Å². The first-order valence-electron chi connectivity index (χ1n) is 5.75. The maximum atomic E-state index is 11.8. The number of hydrogen-bond acceptors (Lipinski definition) is 4. The lowest BCUT2D eigenvalue weighted by atomic mass is 10.1. The zero-order chi connectivity index (χ0) is 13.3. The van der Waals surface area contributed by atoms with E-state index >= 15 is 0 Å². The summed E-state index contributed by atoms with van der Waals surface area (Å²) in [5, 5.41) is 2.72. The minimum atomic E-state index is -0.726. The molecule has 5 heteroatoms. The monoisotopic (exact) mass is 248 g/mol. The van der Waals surface area contributed by atoms with Crippen molar-refractivity contribution in [3.8, 4) is 0 Å². The second-order valence-corrected chi connectivity index (χ2v) is 4.63. The topological polar surface area (TPSA) is 81.4 Å². The molecule has 1 aromatic carbocycles. The average Bonchev–Trinajstić information content (AvgIpc) is 3.10. The number of rotatable bonds is 3. The van der Waals surface area contributed by atoms with Crippen molar-refractivity contribution in [1.29, 1.82) is 0 Å². The zero-order valence-electron chi connectivity index (χ0n) is 10.4. The Labute approximate surface area is 105 Å². The van der Waals surface area contributed by atoms with Crippen LogP contribution in [0.1, 0.15) is 28.8 Å². The van der Waals surface area contributed by atoms with Gasteiger partial charge in [0.15, 0.2) is 0 Å². The Bertz CT molecular complexity index is 507. The van der Waals surface area contributed by atoms with Gasteiger partial charge in [-0.25, -0.2) is 4.79 Å². The molecule has 0 spiro atoms. The largest absolute Gasteiger partial charge is 0.465 e. The van der Waals surface area contributed by atoms with Crippen molar-refractivity contribution in [2.45, 2.75) is 25.3 Å². The third-order valence-electron chi connectivity index (χ3n) is 3.14. The van der Waals surface area contributed by atoms with Gasteiger partial charge in [0, 0.05) is 5.69 Å². The standard InChI is InChI=1S/C13H16N2O3/c1-8-3-4-9(7-10(8)11(16)18-2)15-12(17)13(14)5-6-13/h3-4,7H,5-6,14H2,1-2H3,(H,15,17). The minimum absolute atomic E-state index is 0.206. The molecule has 0 unspecified atom stereocenters. The van der Waals surface area contributed by atoms with E-state index in [0.717, 1.165) is 5.56 Å². The first-order valence-corrected chi connectivity index (χ1v) is 5.75. The highest BCUT2D eigenvalue weighted by atomic mass is 16.5. The summed E-state index contributed by atoms with van der Waals surface area (Å²) in [7, 11) is 1.33. The van der Waals surface area contributed by atoms with Gasteiger partial charge in [-0.3, -0.25) is 4.79 Å². The van der Waals surface area contributed by atoms with Crippen molar-refractivity contribution in [1.82, 2.24) is 0 Å². The molecule has 1 saturated carbocycles. The highest BCUT2D eigenvalue weighted by Gasteiger charge is 2.45. The number of hydrogen-bond donors (Lipinski definition) is 2. The van der Waals surface area contributed by atoms with E-state index in [2.05, 4.69) is 10.1 Å². The maximum absolute atomic E-state index is 11.8. The molecular formula is C13H16N2O3. The van der Waals surface area contributed by atoms with Crippen molar-refractivity contribution in [2.24, 2.45) is 5.73 Å². The van der Waals surface area contributed by atoms with Gasteiger partial charge >= 0.3 is 5.97 Å². The minimum Gasteiger partial charge on any atom is -0.465 e. The molecule has 1 fully saturated rings. The van der Waals surface area contributed by atoms with Crippen LogP contribution in [0.15, 0.2) is 18.2 Å². The number of carbonyl (C=O) groups is 2. The van der Waals surface area contributed by atoms with E-state index in [0.29, 0.717) is 24.1 Å². The van der Waals surface area contributed by atoms with Crippen LogP contribution in [0.3, 0.4) is 0 Å². The predicted molar refractivity (Wildman–Crippen MR) is 67.3 cm³/mol. The number of anilines is 1. The van der Waals surface area contributed by atoms with Crippen molar-refractivity contribution in [2.75, 3.05) is 12.4 Å². The first-order chi connectivity index (χ1) is 8.46. The van der Waals surface area contributed by atoms with Gasteiger partial charge in [-0.2, -0.15) is 0 Å². The Morgan fingerprint density at radius 2 is 2.06 bits per heavy atom. The molecule has 0 radical (unpaired) electrons. The van der Waals surface area contributed by atoms with E-state index in [1.807, 2.05) is 6.92 Å². The summed E-state index contributed by atoms with van der Waals surface area (Å²) in [5.41, 5.74) is 6.86. The second-order valence-electron chi connectivity index (χ2n) is 4.63. The summed E-state index contributed by atoms with van der Waals surface area (Å²) < 4.78 is 4.68. The fraction of sp³-hybridized carbons (Fsp3) is 0.385. The summed E-state index contributed by atoms with van der Waals surface area (Å²) in [6.07, 6.45) is 1.41. The Morgan fingerprint density at radius 1 is 1.39 bits per heavy atom. The highest BCUT2D eigenvalue weighted by molar-refractivity contribution is 6.01. The quantitative estimate of drug-likeness (QED) is 0.788. The van der Waals surface area contributed by atoms with Crippen molar-refractivity contribution >= 4 is 17.6 Å². The van der Waals surface area contributed by atoms with Crippen molar-refractivity contribution < 1.29 is 14.3 Å². The van der Waals surface area contributed by atoms with E-state index in [-0.39, 0.29) is 5.91 Å². The molecule has 0 atom stereocenters. The molecule has 0 bridgehead atoms. The van der Waals surface area contributed by atoms with Crippen LogP contribution >= 0.6 is 0 Å². The van der Waals surface area contributed by atoms with Crippen molar-refractivity contribution in [3.63, 3.8) is 0 Å². The van der Waals surface area contributed by atoms with Crippen LogP contribution < -0.4 is 11.1 Å². The molecule has 5 nitrogen and oxygen atoms in total. The molecule has 1 aliphatic carbocycles. The van der Waals surface area contributed by atoms with Crippen LogP contribution in [0.4, 0.5) is 5.69 Å². The summed E-state index contributed by atoms with van der Waals surface area (Å²) in [4.78, 5) is 23.3. The van der Waals surface area contributed by atoms with E-state index in [1.54, 1.807) is 18.2 Å². The Morgan fingerprint density at radius 3 is 2.61 bits per heavy atom. The van der Waals surface area contributed by atoms with Gasteiger partial charge in [0.05, 0.1) is 18.2 Å². The number of aryl methyl sites for hydroxylation is 1. The Hall–Kier alpha value is -1.88. The molecule has 1 amide bonds. The van der Waals surface area contributed by atoms with Gasteiger partial charge in [-0.05, 0) is 37.5 Å². The molecule has 1 aromatic rings. The normalized spacial score (nSPS) is 15.9. The van der Waals surface area contributed by atoms with E-state index < -0.39 is 11.5 Å². The molecule has 1 aliphatic rings. The smallest absolute Gasteiger partial charge is 0.338 e. The number of esters is 1. The number of nitrogens with one attached hydrogen (secondary N) is 1. The molecule has 0 heterocycles. The van der Waals surface area contributed by atoms with Gasteiger partial charge in [-0.15, -0.1) is 0 Å². The lowest BCUT2D eigenvalue weighted by molar-refractivity contribution is -0.118. The molecule has 0 aliphatic heterocycles. The number of nitrogens with two attached hydrogens (primary N) is 1. The Balaban J connectivity index is 2.19. The number of carbonyl (C=O) groups excluding carboxylic acids is 2. The number of ether oxygens (including phenoxy) is 1. The average molecular weight is 248 g/mol. The fourth-order valence-corrected chi connectivity index (χ4v) is 1.65. The third kappa shape index (κ3) is 2.36. The summed E-state index contributed by atoms with van der Waals surface area (Å²) >= 11 is 0. The molecular weight excluding hydrogens is 232 g/mol. The van der Waals surface area contributed by atoms with Crippen LogP contribution in [0.25, 0.3) is 0 Å². The number of methoxy groups -OCH3 is 1. The highest BCUT2D eigenvalue weighted by Crippen LogP contribution is 2.33. The van der Waals surface area contributed by atoms with Gasteiger partial charge < -0.3 is 15.8 Å². The lowest BCUT2D eigenvalue weighted by Crippen LogP contribution is -2.37. The molecule has 3 N–H and O–H groups in total. The van der Waals surface area contributed by atoms with Crippen molar-refractivity contribution in [3.05, 3.63) is 29.3 Å². The molecule has 96 valence electrons. The first kappa shape index (κ1) is 12.6. The van der Waals surface area contributed by atoms with Gasteiger partial charge in [0.2, 0.25) is 5.91 Å². The van der Waals surface area contributed by atoms with E-state index in [4.69, 9.17) is 5.73 Å². The van der Waals surface area contributed by atoms with E-state index in [9.17, 15) is 9.59 Å². The predicted octanol–water partition coefficient (Wildman–Crippen LogP) is 1.21. The number of amides is 1. The SMILES string of the molecule is COC(=O)c1cc(NC(=O)C2(N)CC2)ccc1C. The van der Waals surface area contributed by atoms with Crippen LogP contribution in [-0.2, 0) is 9.53 Å². The fourth-order valence-electron chi connectivity index (χ4n) is 1.65. The Kier molecular flexibility index (Phi) is 3.09. The van der Waals surface area contributed by atoms with Crippen LogP contribution in [0.5, 0.6) is 0 Å².